The van der Waals surface area contributed by atoms with Crippen LogP contribution in [0.4, 0.5) is 0 Å². The average molecular weight is 300 g/mol. The fourth-order valence-electron chi connectivity index (χ4n) is 4.32. The summed E-state index contributed by atoms with van der Waals surface area (Å²) >= 11 is 0. The highest BCUT2D eigenvalue weighted by atomic mass is 16.5. The first-order valence-corrected chi connectivity index (χ1v) is 8.52. The van der Waals surface area contributed by atoms with E-state index >= 15 is 0 Å². The van der Waals surface area contributed by atoms with Crippen LogP contribution in [0.1, 0.15) is 63.5 Å². The second kappa shape index (κ2) is 5.64. The molecule has 2 unspecified atom stereocenters. The molecule has 0 N–H and O–H groups in total. The minimum absolute atomic E-state index is 0.117. The van der Waals surface area contributed by atoms with Gasteiger partial charge in [-0.05, 0) is 57.2 Å². The zero-order valence-corrected chi connectivity index (χ0v) is 14.4. The van der Waals surface area contributed by atoms with Crippen molar-refractivity contribution in [3.63, 3.8) is 0 Å². The molecule has 1 aliphatic carbocycles. The number of rotatable bonds is 3. The van der Waals surface area contributed by atoms with Crippen molar-refractivity contribution in [2.75, 3.05) is 7.11 Å². The first-order chi connectivity index (χ1) is 10.5. The van der Waals surface area contributed by atoms with Crippen molar-refractivity contribution < 1.29 is 9.47 Å². The van der Waals surface area contributed by atoms with Gasteiger partial charge in [0.15, 0.2) is 0 Å². The van der Waals surface area contributed by atoms with Crippen LogP contribution in [0.5, 0.6) is 11.5 Å². The number of hydrogen-bond acceptors (Lipinski definition) is 2. The van der Waals surface area contributed by atoms with Crippen molar-refractivity contribution in [1.29, 1.82) is 0 Å². The predicted octanol–water partition coefficient (Wildman–Crippen LogP) is 5.26. The summed E-state index contributed by atoms with van der Waals surface area (Å²) in [6.07, 6.45) is 5.55. The normalized spacial score (nSPS) is 25.9. The summed E-state index contributed by atoms with van der Waals surface area (Å²) < 4.78 is 12.2. The molecule has 0 aromatic heterocycles. The van der Waals surface area contributed by atoms with E-state index in [4.69, 9.17) is 9.47 Å². The van der Waals surface area contributed by atoms with Gasteiger partial charge in [0.2, 0.25) is 0 Å². The molecule has 1 heterocycles. The third-order valence-corrected chi connectivity index (χ3v) is 5.36. The first kappa shape index (κ1) is 15.5. The molecule has 0 saturated heterocycles. The number of aryl methyl sites for hydroxylation is 1. The van der Waals surface area contributed by atoms with E-state index in [-0.39, 0.29) is 5.60 Å². The van der Waals surface area contributed by atoms with Crippen LogP contribution in [0.2, 0.25) is 0 Å². The molecule has 2 heteroatoms. The van der Waals surface area contributed by atoms with Gasteiger partial charge < -0.3 is 9.47 Å². The Morgan fingerprint density at radius 2 is 2.14 bits per heavy atom. The van der Waals surface area contributed by atoms with Crippen molar-refractivity contribution >= 4 is 0 Å². The minimum atomic E-state index is -0.117. The van der Waals surface area contributed by atoms with E-state index in [0.717, 1.165) is 43.6 Å². The summed E-state index contributed by atoms with van der Waals surface area (Å²) in [6.45, 7) is 10.9. The SMILES string of the molecule is C=C1CCC2C(C1)c1c(OC)cc(CCC)cc1OC2(C)C. The quantitative estimate of drug-likeness (QED) is 0.709. The van der Waals surface area contributed by atoms with E-state index in [1.54, 1.807) is 7.11 Å². The zero-order valence-electron chi connectivity index (χ0n) is 14.4. The maximum absolute atomic E-state index is 6.44. The zero-order chi connectivity index (χ0) is 15.9. The van der Waals surface area contributed by atoms with Crippen LogP contribution in [-0.4, -0.2) is 12.7 Å². The molecule has 0 amide bonds. The molecule has 1 aromatic carbocycles. The lowest BCUT2D eigenvalue weighted by Gasteiger charge is -2.48. The molecule has 2 atom stereocenters. The Morgan fingerprint density at radius 1 is 1.36 bits per heavy atom. The number of methoxy groups -OCH3 is 1. The summed E-state index contributed by atoms with van der Waals surface area (Å²) in [6, 6.07) is 4.44. The number of allylic oxidation sites excluding steroid dienone is 1. The Morgan fingerprint density at radius 3 is 2.82 bits per heavy atom. The van der Waals surface area contributed by atoms with Gasteiger partial charge in [0, 0.05) is 17.4 Å². The molecule has 0 radical (unpaired) electrons. The van der Waals surface area contributed by atoms with Crippen molar-refractivity contribution in [1.82, 2.24) is 0 Å². The number of benzene rings is 1. The summed E-state index contributed by atoms with van der Waals surface area (Å²) in [4.78, 5) is 0. The molecular weight excluding hydrogens is 272 g/mol. The lowest BCUT2D eigenvalue weighted by molar-refractivity contribution is -0.000882. The largest absolute Gasteiger partial charge is 0.496 e. The van der Waals surface area contributed by atoms with Gasteiger partial charge in [-0.15, -0.1) is 0 Å². The van der Waals surface area contributed by atoms with Crippen LogP contribution in [0.3, 0.4) is 0 Å². The molecule has 2 aliphatic rings. The number of ether oxygens (including phenoxy) is 2. The number of hydrogen-bond donors (Lipinski definition) is 0. The van der Waals surface area contributed by atoms with Gasteiger partial charge in [0.25, 0.3) is 0 Å². The van der Waals surface area contributed by atoms with Crippen LogP contribution in [0.15, 0.2) is 24.3 Å². The second-order valence-electron chi connectivity index (χ2n) is 7.37. The van der Waals surface area contributed by atoms with Crippen LogP contribution in [-0.2, 0) is 6.42 Å². The lowest BCUT2D eigenvalue weighted by Crippen LogP contribution is -2.46. The maximum Gasteiger partial charge on any atom is 0.127 e. The van der Waals surface area contributed by atoms with E-state index in [9.17, 15) is 0 Å². The molecule has 3 rings (SSSR count). The lowest BCUT2D eigenvalue weighted by atomic mass is 9.65. The van der Waals surface area contributed by atoms with Gasteiger partial charge in [-0.25, -0.2) is 0 Å². The first-order valence-electron chi connectivity index (χ1n) is 8.52. The Bertz CT molecular complexity index is 586. The monoisotopic (exact) mass is 300 g/mol. The maximum atomic E-state index is 6.44. The fraction of sp³-hybridized carbons (Fsp3) is 0.600. The standard InChI is InChI=1S/C20H28O2/c1-6-7-14-11-17(21-5)19-15-10-13(2)8-9-16(15)20(3,4)22-18(19)12-14/h11-12,15-16H,2,6-10H2,1,3-5H3. The highest BCUT2D eigenvalue weighted by molar-refractivity contribution is 5.53. The van der Waals surface area contributed by atoms with Crippen molar-refractivity contribution in [2.24, 2.45) is 5.92 Å². The molecule has 0 spiro atoms. The Hall–Kier alpha value is -1.44. The molecule has 22 heavy (non-hydrogen) atoms. The molecule has 1 aromatic rings. The van der Waals surface area contributed by atoms with Gasteiger partial charge in [0.05, 0.1) is 7.11 Å². The van der Waals surface area contributed by atoms with Gasteiger partial charge in [-0.2, -0.15) is 0 Å². The van der Waals surface area contributed by atoms with E-state index in [1.807, 2.05) is 0 Å². The molecule has 120 valence electrons. The molecule has 1 aliphatic heterocycles. The fourth-order valence-corrected chi connectivity index (χ4v) is 4.32. The molecule has 1 fully saturated rings. The Labute approximate surface area is 134 Å². The molecule has 2 nitrogen and oxygen atoms in total. The highest BCUT2D eigenvalue weighted by Gasteiger charge is 2.46. The smallest absolute Gasteiger partial charge is 0.127 e. The van der Waals surface area contributed by atoms with Crippen molar-refractivity contribution in [3.05, 3.63) is 35.4 Å². The van der Waals surface area contributed by atoms with E-state index in [2.05, 4.69) is 39.5 Å². The Balaban J connectivity index is 2.12. The molecule has 0 bridgehead atoms. The number of fused-ring (bicyclic) bond motifs is 3. The molecular formula is C20H28O2. The summed E-state index contributed by atoms with van der Waals surface area (Å²) in [5.41, 5.74) is 3.83. The minimum Gasteiger partial charge on any atom is -0.496 e. The van der Waals surface area contributed by atoms with Gasteiger partial charge >= 0.3 is 0 Å². The third-order valence-electron chi connectivity index (χ3n) is 5.36. The average Bonchev–Trinajstić information content (AvgIpc) is 2.45. The van der Waals surface area contributed by atoms with Gasteiger partial charge in [-0.3, -0.25) is 0 Å². The van der Waals surface area contributed by atoms with Crippen LogP contribution >= 0.6 is 0 Å². The molecule has 1 saturated carbocycles. The summed E-state index contributed by atoms with van der Waals surface area (Å²) in [5, 5.41) is 0. The van der Waals surface area contributed by atoms with Crippen LogP contribution in [0.25, 0.3) is 0 Å². The van der Waals surface area contributed by atoms with Crippen molar-refractivity contribution in [2.45, 2.75) is 64.4 Å². The summed E-state index contributed by atoms with van der Waals surface area (Å²) in [7, 11) is 1.78. The van der Waals surface area contributed by atoms with E-state index in [0.29, 0.717) is 11.8 Å². The Kier molecular flexibility index (Phi) is 3.96. The van der Waals surface area contributed by atoms with Crippen molar-refractivity contribution in [3.8, 4) is 11.5 Å². The third kappa shape index (κ3) is 2.53. The summed E-state index contributed by atoms with van der Waals surface area (Å²) in [5.74, 6) is 3.05. The van der Waals surface area contributed by atoms with Gasteiger partial charge in [-0.1, -0.05) is 25.5 Å². The topological polar surface area (TPSA) is 18.5 Å². The van der Waals surface area contributed by atoms with Crippen LogP contribution < -0.4 is 9.47 Å². The van der Waals surface area contributed by atoms with Gasteiger partial charge in [0.1, 0.15) is 17.1 Å². The van der Waals surface area contributed by atoms with Crippen LogP contribution in [0, 0.1) is 5.92 Å². The second-order valence-corrected chi connectivity index (χ2v) is 7.37. The van der Waals surface area contributed by atoms with E-state index in [1.165, 1.54) is 16.7 Å². The predicted molar refractivity (Wildman–Crippen MR) is 90.9 cm³/mol. The highest BCUT2D eigenvalue weighted by Crippen LogP contribution is 2.55. The van der Waals surface area contributed by atoms with E-state index < -0.39 is 0 Å².